The van der Waals surface area contributed by atoms with Crippen LogP contribution in [0.5, 0.6) is 0 Å². The number of rotatable bonds is 6. The highest BCUT2D eigenvalue weighted by atomic mass is 16.4. The number of carboxylic acid groups (broad SMARTS) is 1. The fourth-order valence-electron chi connectivity index (χ4n) is 4.45. The lowest BCUT2D eigenvalue weighted by Crippen LogP contribution is -2.61. The molecule has 2 saturated heterocycles. The minimum atomic E-state index is -0.932. The molecule has 27 heavy (non-hydrogen) atoms. The summed E-state index contributed by atoms with van der Waals surface area (Å²) in [5.74, 6) is -0.956. The number of likely N-dealkylation sites (N-methyl/N-ethyl adjacent to an activating group) is 1. The summed E-state index contributed by atoms with van der Waals surface area (Å²) in [5.41, 5.74) is 1.36. The highest BCUT2D eigenvalue weighted by Gasteiger charge is 2.42. The zero-order valence-corrected chi connectivity index (χ0v) is 16.3. The first-order chi connectivity index (χ1) is 13.0. The van der Waals surface area contributed by atoms with Gasteiger partial charge in [-0.05, 0) is 44.8 Å². The number of aryl methyl sites for hydroxylation is 1. The molecule has 0 saturated carbocycles. The van der Waals surface area contributed by atoms with Crippen LogP contribution in [0.3, 0.4) is 0 Å². The number of hydrogen-bond acceptors (Lipinski definition) is 4. The zero-order valence-electron chi connectivity index (χ0n) is 16.3. The number of nitrogens with zero attached hydrogens (tertiary/aromatic N) is 3. The zero-order chi connectivity index (χ0) is 19.3. The molecule has 2 fully saturated rings. The summed E-state index contributed by atoms with van der Waals surface area (Å²) in [6.45, 7) is 4.44. The average molecular weight is 373 g/mol. The Morgan fingerprint density at radius 1 is 1.15 bits per heavy atom. The van der Waals surface area contributed by atoms with Crippen molar-refractivity contribution in [3.8, 4) is 0 Å². The van der Waals surface area contributed by atoms with Gasteiger partial charge in [0.25, 0.3) is 0 Å². The summed E-state index contributed by atoms with van der Waals surface area (Å²) in [6.07, 6.45) is 4.32. The molecule has 6 nitrogen and oxygen atoms in total. The first-order valence-electron chi connectivity index (χ1n) is 9.96. The van der Waals surface area contributed by atoms with E-state index in [2.05, 4.69) is 47.2 Å². The molecule has 6 heteroatoms. The van der Waals surface area contributed by atoms with Crippen LogP contribution in [-0.4, -0.2) is 83.5 Å². The summed E-state index contributed by atoms with van der Waals surface area (Å²) in [5, 5.41) is 9.05. The van der Waals surface area contributed by atoms with Crippen LogP contribution in [0.2, 0.25) is 0 Å². The van der Waals surface area contributed by atoms with Gasteiger partial charge in [0, 0.05) is 38.1 Å². The Morgan fingerprint density at radius 2 is 1.93 bits per heavy atom. The Hall–Kier alpha value is -1.92. The van der Waals surface area contributed by atoms with Gasteiger partial charge in [0.05, 0.1) is 0 Å². The molecule has 1 amide bonds. The molecule has 1 aromatic rings. The molecule has 2 aliphatic rings. The molecule has 1 N–H and O–H groups in total. The van der Waals surface area contributed by atoms with Crippen molar-refractivity contribution >= 4 is 11.9 Å². The van der Waals surface area contributed by atoms with E-state index in [0.29, 0.717) is 13.0 Å². The van der Waals surface area contributed by atoms with Crippen molar-refractivity contribution in [3.05, 3.63) is 35.9 Å². The van der Waals surface area contributed by atoms with Crippen LogP contribution in [-0.2, 0) is 16.0 Å². The molecule has 1 aromatic carbocycles. The summed E-state index contributed by atoms with van der Waals surface area (Å²) in [4.78, 5) is 29.8. The second kappa shape index (κ2) is 8.85. The Morgan fingerprint density at radius 3 is 2.67 bits per heavy atom. The second-order valence-corrected chi connectivity index (χ2v) is 7.97. The number of aliphatic carboxylic acids is 1. The molecule has 1 atom stereocenters. The fourth-order valence-corrected chi connectivity index (χ4v) is 4.45. The maximum atomic E-state index is 12.3. The fraction of sp³-hybridized carbons (Fsp3) is 0.619. The predicted octanol–water partition coefficient (Wildman–Crippen LogP) is 1.70. The molecule has 1 spiro atoms. The Labute approximate surface area is 161 Å². The third-order valence-corrected chi connectivity index (χ3v) is 6.19. The van der Waals surface area contributed by atoms with E-state index < -0.39 is 5.97 Å². The summed E-state index contributed by atoms with van der Waals surface area (Å²) in [6, 6.07) is 10.6. The van der Waals surface area contributed by atoms with E-state index >= 15 is 0 Å². The van der Waals surface area contributed by atoms with E-state index in [1.807, 2.05) is 0 Å². The summed E-state index contributed by atoms with van der Waals surface area (Å²) in [7, 11) is 2.15. The van der Waals surface area contributed by atoms with E-state index in [1.165, 1.54) is 10.5 Å². The van der Waals surface area contributed by atoms with Gasteiger partial charge in [-0.25, -0.2) is 0 Å². The van der Waals surface area contributed by atoms with Gasteiger partial charge in [0.2, 0.25) is 5.91 Å². The maximum Gasteiger partial charge on any atom is 0.323 e. The number of carbonyl (C=O) groups is 2. The molecule has 2 aliphatic heterocycles. The molecule has 1 unspecified atom stereocenters. The third kappa shape index (κ3) is 5.08. The maximum absolute atomic E-state index is 12.3. The largest absolute Gasteiger partial charge is 0.480 e. The number of likely N-dealkylation sites (tertiary alicyclic amines) is 1. The van der Waals surface area contributed by atoms with E-state index in [9.17, 15) is 9.59 Å². The lowest BCUT2D eigenvalue weighted by Gasteiger charge is -2.49. The molecule has 0 aliphatic carbocycles. The van der Waals surface area contributed by atoms with Crippen molar-refractivity contribution in [1.82, 2.24) is 14.7 Å². The van der Waals surface area contributed by atoms with E-state index in [4.69, 9.17) is 5.11 Å². The minimum absolute atomic E-state index is 0.0199. The minimum Gasteiger partial charge on any atom is -0.480 e. The number of hydrogen-bond donors (Lipinski definition) is 1. The lowest BCUT2D eigenvalue weighted by atomic mass is 9.86. The number of benzene rings is 1. The number of carbonyl (C=O) groups excluding carboxylic acids is 1. The van der Waals surface area contributed by atoms with Gasteiger partial charge in [-0.1, -0.05) is 30.3 Å². The van der Waals surface area contributed by atoms with Crippen molar-refractivity contribution in [1.29, 1.82) is 0 Å². The van der Waals surface area contributed by atoms with Crippen LogP contribution in [0.15, 0.2) is 30.3 Å². The SMILES string of the molecule is CN1CCN(CCCc2ccccc2)CC12CCC(=O)N(CC(=O)O)CC2. The molecule has 0 bridgehead atoms. The van der Waals surface area contributed by atoms with E-state index in [1.54, 1.807) is 0 Å². The molecule has 148 valence electrons. The third-order valence-electron chi connectivity index (χ3n) is 6.19. The second-order valence-electron chi connectivity index (χ2n) is 7.97. The first kappa shape index (κ1) is 19.8. The molecule has 3 rings (SSSR count). The summed E-state index contributed by atoms with van der Waals surface area (Å²) < 4.78 is 0. The van der Waals surface area contributed by atoms with Gasteiger partial charge in [0.15, 0.2) is 0 Å². The van der Waals surface area contributed by atoms with E-state index in [0.717, 1.165) is 51.9 Å². The molecule has 2 heterocycles. The van der Waals surface area contributed by atoms with Crippen LogP contribution >= 0.6 is 0 Å². The Bertz CT molecular complexity index is 651. The van der Waals surface area contributed by atoms with Crippen LogP contribution in [0.4, 0.5) is 0 Å². The Balaban J connectivity index is 1.57. The van der Waals surface area contributed by atoms with Gasteiger partial charge >= 0.3 is 5.97 Å². The molecule has 0 radical (unpaired) electrons. The number of piperazine rings is 1. The average Bonchev–Trinajstić information content (AvgIpc) is 2.80. The van der Waals surface area contributed by atoms with Crippen LogP contribution in [0.25, 0.3) is 0 Å². The van der Waals surface area contributed by atoms with Crippen molar-refractivity contribution < 1.29 is 14.7 Å². The van der Waals surface area contributed by atoms with Crippen LogP contribution < -0.4 is 0 Å². The highest BCUT2D eigenvalue weighted by molar-refractivity contribution is 5.81. The van der Waals surface area contributed by atoms with Crippen molar-refractivity contribution in [2.75, 3.05) is 46.3 Å². The summed E-state index contributed by atoms with van der Waals surface area (Å²) >= 11 is 0. The van der Waals surface area contributed by atoms with Gasteiger partial charge in [0.1, 0.15) is 6.54 Å². The quantitative estimate of drug-likeness (QED) is 0.822. The molecular formula is C21H31N3O3. The first-order valence-corrected chi connectivity index (χ1v) is 9.96. The van der Waals surface area contributed by atoms with Gasteiger partial charge < -0.3 is 14.9 Å². The van der Waals surface area contributed by atoms with Crippen molar-refractivity contribution in [2.24, 2.45) is 0 Å². The van der Waals surface area contributed by atoms with Gasteiger partial charge in [-0.2, -0.15) is 0 Å². The Kier molecular flexibility index (Phi) is 6.50. The van der Waals surface area contributed by atoms with E-state index in [-0.39, 0.29) is 18.0 Å². The van der Waals surface area contributed by atoms with Gasteiger partial charge in [-0.3, -0.25) is 14.5 Å². The standard InChI is InChI=1S/C21H31N3O3/c1-22-14-15-23(12-5-8-18-6-3-2-4-7-18)17-21(22)10-9-19(25)24(13-11-21)16-20(26)27/h2-4,6-7H,5,8-17H2,1H3,(H,26,27). The van der Waals surface area contributed by atoms with Crippen LogP contribution in [0.1, 0.15) is 31.2 Å². The highest BCUT2D eigenvalue weighted by Crippen LogP contribution is 2.32. The smallest absolute Gasteiger partial charge is 0.323 e. The van der Waals surface area contributed by atoms with Crippen molar-refractivity contribution in [2.45, 2.75) is 37.6 Å². The van der Waals surface area contributed by atoms with Gasteiger partial charge in [-0.15, -0.1) is 0 Å². The number of carboxylic acids is 1. The molecule has 0 aromatic heterocycles. The van der Waals surface area contributed by atoms with Crippen molar-refractivity contribution in [3.63, 3.8) is 0 Å². The monoisotopic (exact) mass is 373 g/mol. The topological polar surface area (TPSA) is 64.1 Å². The molecular weight excluding hydrogens is 342 g/mol. The van der Waals surface area contributed by atoms with Crippen LogP contribution in [0, 0.1) is 0 Å². The normalized spacial score (nSPS) is 24.9. The predicted molar refractivity (Wildman–Crippen MR) is 105 cm³/mol. The number of amides is 1. The lowest BCUT2D eigenvalue weighted by molar-refractivity contribution is -0.144.